The summed E-state index contributed by atoms with van der Waals surface area (Å²) in [7, 11) is 2.12. The number of pyridine rings is 1. The molecule has 0 saturated heterocycles. The van der Waals surface area contributed by atoms with Crippen LogP contribution < -0.4 is 10.2 Å². The van der Waals surface area contributed by atoms with Crippen molar-refractivity contribution in [2.24, 2.45) is 0 Å². The molecule has 21 heavy (non-hydrogen) atoms. The Morgan fingerprint density at radius 2 is 2.10 bits per heavy atom. The van der Waals surface area contributed by atoms with Gasteiger partial charge in [-0.15, -0.1) is 0 Å². The molecular weight excluding hydrogens is 326 g/mol. The molecular formula is C17H22BrN3. The molecule has 1 aromatic heterocycles. The number of nitrogens with one attached hydrogen (secondary N) is 1. The van der Waals surface area contributed by atoms with Crippen molar-refractivity contribution < 1.29 is 0 Å². The Kier molecular flexibility index (Phi) is 5.76. The van der Waals surface area contributed by atoms with E-state index in [0.29, 0.717) is 6.04 Å². The van der Waals surface area contributed by atoms with Crippen molar-refractivity contribution in [3.63, 3.8) is 0 Å². The molecule has 3 nitrogen and oxygen atoms in total. The molecule has 1 aromatic carbocycles. The Labute approximate surface area is 135 Å². The van der Waals surface area contributed by atoms with Gasteiger partial charge < -0.3 is 10.2 Å². The summed E-state index contributed by atoms with van der Waals surface area (Å²) in [6, 6.07) is 11.0. The number of aromatic nitrogens is 1. The molecule has 0 saturated carbocycles. The first-order chi connectivity index (χ1) is 10.1. The molecule has 112 valence electrons. The molecule has 1 heterocycles. The van der Waals surface area contributed by atoms with Crippen molar-refractivity contribution in [1.82, 2.24) is 10.3 Å². The Balaban J connectivity index is 2.18. The standard InChI is InChI=1S/C17H22BrN3/c1-13(2)20-11-15-6-7-16(18)9-17(15)21(3)12-14-5-4-8-19-10-14/h4-10,13,20H,11-12H2,1-3H3. The van der Waals surface area contributed by atoms with Crippen LogP contribution in [0.4, 0.5) is 5.69 Å². The normalized spacial score (nSPS) is 10.9. The van der Waals surface area contributed by atoms with Gasteiger partial charge in [-0.2, -0.15) is 0 Å². The summed E-state index contributed by atoms with van der Waals surface area (Å²) >= 11 is 3.57. The molecule has 0 unspecified atom stereocenters. The minimum absolute atomic E-state index is 0.477. The van der Waals surface area contributed by atoms with E-state index in [9.17, 15) is 0 Å². The van der Waals surface area contributed by atoms with Crippen molar-refractivity contribution in [3.8, 4) is 0 Å². The number of halogens is 1. The molecule has 0 aliphatic carbocycles. The van der Waals surface area contributed by atoms with Gasteiger partial charge >= 0.3 is 0 Å². The summed E-state index contributed by atoms with van der Waals surface area (Å²) in [4.78, 5) is 6.45. The third-order valence-corrected chi connectivity index (χ3v) is 3.80. The highest BCUT2D eigenvalue weighted by molar-refractivity contribution is 9.10. The van der Waals surface area contributed by atoms with E-state index in [4.69, 9.17) is 0 Å². The van der Waals surface area contributed by atoms with Crippen LogP contribution in [0.1, 0.15) is 25.0 Å². The zero-order chi connectivity index (χ0) is 15.2. The minimum atomic E-state index is 0.477. The second-order valence-corrected chi connectivity index (χ2v) is 6.44. The minimum Gasteiger partial charge on any atom is -0.370 e. The van der Waals surface area contributed by atoms with Gasteiger partial charge in [0.05, 0.1) is 0 Å². The van der Waals surface area contributed by atoms with Crippen LogP contribution in [0.3, 0.4) is 0 Å². The lowest BCUT2D eigenvalue weighted by Crippen LogP contribution is -2.24. The highest BCUT2D eigenvalue weighted by atomic mass is 79.9. The molecule has 0 spiro atoms. The van der Waals surface area contributed by atoms with Gasteiger partial charge in [0.2, 0.25) is 0 Å². The molecule has 0 atom stereocenters. The molecule has 2 aromatic rings. The van der Waals surface area contributed by atoms with Crippen molar-refractivity contribution >= 4 is 21.6 Å². The first kappa shape index (κ1) is 16.0. The third kappa shape index (κ3) is 4.83. The number of rotatable bonds is 6. The first-order valence-electron chi connectivity index (χ1n) is 7.18. The molecule has 4 heteroatoms. The van der Waals surface area contributed by atoms with Crippen LogP contribution in [0, 0.1) is 0 Å². The van der Waals surface area contributed by atoms with E-state index in [0.717, 1.165) is 17.6 Å². The maximum atomic E-state index is 4.18. The van der Waals surface area contributed by atoms with Crippen LogP contribution in [-0.2, 0) is 13.1 Å². The highest BCUT2D eigenvalue weighted by Crippen LogP contribution is 2.25. The van der Waals surface area contributed by atoms with Gasteiger partial charge in [-0.25, -0.2) is 0 Å². The summed E-state index contributed by atoms with van der Waals surface area (Å²) in [6.07, 6.45) is 3.72. The van der Waals surface area contributed by atoms with Crippen molar-refractivity contribution in [2.75, 3.05) is 11.9 Å². The lowest BCUT2D eigenvalue weighted by molar-refractivity contribution is 0.588. The molecule has 0 aliphatic heterocycles. The van der Waals surface area contributed by atoms with E-state index in [2.05, 4.69) is 76.3 Å². The maximum absolute atomic E-state index is 4.18. The Hall–Kier alpha value is -1.39. The summed E-state index contributed by atoms with van der Waals surface area (Å²) < 4.78 is 1.10. The van der Waals surface area contributed by atoms with Gasteiger partial charge in [-0.1, -0.05) is 41.9 Å². The molecule has 2 rings (SSSR count). The summed E-state index contributed by atoms with van der Waals surface area (Å²) in [6.45, 7) is 6.05. The van der Waals surface area contributed by atoms with E-state index >= 15 is 0 Å². The third-order valence-electron chi connectivity index (χ3n) is 3.30. The number of hydrogen-bond donors (Lipinski definition) is 1. The predicted molar refractivity (Wildman–Crippen MR) is 92.5 cm³/mol. The van der Waals surface area contributed by atoms with Crippen LogP contribution >= 0.6 is 15.9 Å². The zero-order valence-electron chi connectivity index (χ0n) is 12.8. The van der Waals surface area contributed by atoms with Gasteiger partial charge in [-0.05, 0) is 29.3 Å². The zero-order valence-corrected chi connectivity index (χ0v) is 14.4. The first-order valence-corrected chi connectivity index (χ1v) is 7.97. The molecule has 1 N–H and O–H groups in total. The summed E-state index contributed by atoms with van der Waals surface area (Å²) in [5, 5.41) is 3.49. The largest absolute Gasteiger partial charge is 0.370 e. The van der Waals surface area contributed by atoms with Crippen molar-refractivity contribution in [3.05, 3.63) is 58.3 Å². The summed E-state index contributed by atoms with van der Waals surface area (Å²) in [5.74, 6) is 0. The molecule has 0 aliphatic rings. The van der Waals surface area contributed by atoms with Crippen LogP contribution in [0.15, 0.2) is 47.2 Å². The summed E-state index contributed by atoms with van der Waals surface area (Å²) in [5.41, 5.74) is 3.75. The van der Waals surface area contributed by atoms with Gasteiger partial charge in [0.1, 0.15) is 0 Å². The average Bonchev–Trinajstić information content (AvgIpc) is 2.46. The van der Waals surface area contributed by atoms with E-state index in [1.54, 1.807) is 6.20 Å². The van der Waals surface area contributed by atoms with Crippen LogP contribution in [0.2, 0.25) is 0 Å². The Morgan fingerprint density at radius 3 is 2.76 bits per heavy atom. The second-order valence-electron chi connectivity index (χ2n) is 5.53. The SMILES string of the molecule is CC(C)NCc1ccc(Br)cc1N(C)Cc1cccnc1. The molecule has 0 radical (unpaired) electrons. The maximum Gasteiger partial charge on any atom is 0.0441 e. The van der Waals surface area contributed by atoms with E-state index in [1.807, 2.05) is 12.3 Å². The number of hydrogen-bond acceptors (Lipinski definition) is 3. The molecule has 0 fully saturated rings. The molecule has 0 bridgehead atoms. The highest BCUT2D eigenvalue weighted by Gasteiger charge is 2.09. The quantitative estimate of drug-likeness (QED) is 0.856. The average molecular weight is 348 g/mol. The van der Waals surface area contributed by atoms with Crippen molar-refractivity contribution in [2.45, 2.75) is 33.0 Å². The van der Waals surface area contributed by atoms with Gasteiger partial charge in [0.25, 0.3) is 0 Å². The Bertz CT molecular complexity index is 570. The van der Waals surface area contributed by atoms with E-state index < -0.39 is 0 Å². The number of nitrogens with zero attached hydrogens (tertiary/aromatic N) is 2. The van der Waals surface area contributed by atoms with Gasteiger partial charge in [0.15, 0.2) is 0 Å². The Morgan fingerprint density at radius 1 is 1.29 bits per heavy atom. The fourth-order valence-corrected chi connectivity index (χ4v) is 2.56. The van der Waals surface area contributed by atoms with Gasteiger partial charge in [-0.3, -0.25) is 4.98 Å². The lowest BCUT2D eigenvalue weighted by Gasteiger charge is -2.23. The van der Waals surface area contributed by atoms with E-state index in [-0.39, 0.29) is 0 Å². The smallest absolute Gasteiger partial charge is 0.0441 e. The molecule has 0 amide bonds. The van der Waals surface area contributed by atoms with Crippen molar-refractivity contribution in [1.29, 1.82) is 0 Å². The number of benzene rings is 1. The van der Waals surface area contributed by atoms with Gasteiger partial charge in [0, 0.05) is 48.7 Å². The fraction of sp³-hybridized carbons (Fsp3) is 0.353. The van der Waals surface area contributed by atoms with E-state index in [1.165, 1.54) is 16.8 Å². The number of anilines is 1. The van der Waals surface area contributed by atoms with Crippen LogP contribution in [0.5, 0.6) is 0 Å². The fourth-order valence-electron chi connectivity index (χ4n) is 2.21. The topological polar surface area (TPSA) is 28.2 Å². The predicted octanol–water partition coefficient (Wildman–Crippen LogP) is 3.98. The van der Waals surface area contributed by atoms with Crippen LogP contribution in [-0.4, -0.2) is 18.1 Å². The second kappa shape index (κ2) is 7.57. The lowest BCUT2D eigenvalue weighted by atomic mass is 10.1. The monoisotopic (exact) mass is 347 g/mol. The van der Waals surface area contributed by atoms with Crippen LogP contribution in [0.25, 0.3) is 0 Å².